The number of rotatable bonds is 7. The number of hydrogen-bond acceptors (Lipinski definition) is 5. The molecule has 0 bridgehead atoms. The molecule has 0 saturated carbocycles. The maximum Gasteiger partial charge on any atom is 0.403 e. The summed E-state index contributed by atoms with van der Waals surface area (Å²) in [5, 5.41) is 3.07. The molecule has 1 saturated heterocycles. The number of alkyl halides is 3. The highest BCUT2D eigenvalue weighted by Gasteiger charge is 2.41. The minimum atomic E-state index is -4.22. The number of nitrogens with one attached hydrogen (secondary N) is 1. The van der Waals surface area contributed by atoms with Crippen LogP contribution >= 0.6 is 24.0 Å². The Morgan fingerprint density at radius 2 is 1.81 bits per heavy atom. The van der Waals surface area contributed by atoms with E-state index in [2.05, 4.69) is 10.3 Å². The fourth-order valence-corrected chi connectivity index (χ4v) is 2.83. The predicted octanol–water partition coefficient (Wildman–Crippen LogP) is 0.809. The molecule has 0 aliphatic carbocycles. The van der Waals surface area contributed by atoms with Gasteiger partial charge in [-0.25, -0.2) is 8.42 Å². The molecular formula is C14H28F3IN4O3S. The Morgan fingerprint density at radius 3 is 2.27 bits per heavy atom. The summed E-state index contributed by atoms with van der Waals surface area (Å²) in [5.41, 5.74) is 0. The van der Waals surface area contributed by atoms with E-state index in [-0.39, 0.29) is 36.3 Å². The van der Waals surface area contributed by atoms with Crippen molar-refractivity contribution < 1.29 is 26.3 Å². The third-order valence-electron chi connectivity index (χ3n) is 3.98. The van der Waals surface area contributed by atoms with Crippen LogP contribution in [0.1, 0.15) is 6.92 Å². The molecule has 1 aliphatic heterocycles. The topological polar surface area (TPSA) is 74.2 Å². The summed E-state index contributed by atoms with van der Waals surface area (Å²) in [7, 11) is -1.43. The quantitative estimate of drug-likeness (QED) is 0.234. The Morgan fingerprint density at radius 1 is 1.23 bits per heavy atom. The lowest BCUT2D eigenvalue weighted by Crippen LogP contribution is -2.57. The second kappa shape index (κ2) is 11.5. The molecule has 1 heterocycles. The fraction of sp³-hybridized carbons (Fsp3) is 0.929. The van der Waals surface area contributed by atoms with E-state index in [1.807, 2.05) is 4.90 Å². The smallest absolute Gasteiger partial charge is 0.379 e. The van der Waals surface area contributed by atoms with Gasteiger partial charge in [0.05, 0.1) is 19.0 Å². The van der Waals surface area contributed by atoms with Crippen LogP contribution in [0.2, 0.25) is 0 Å². The van der Waals surface area contributed by atoms with Crippen LogP contribution in [-0.2, 0) is 14.6 Å². The van der Waals surface area contributed by atoms with Crippen molar-refractivity contribution >= 4 is 39.8 Å². The number of ether oxygens (including phenoxy) is 1. The van der Waals surface area contributed by atoms with Gasteiger partial charge in [-0.3, -0.25) is 9.89 Å². The minimum absolute atomic E-state index is 0. The maximum absolute atomic E-state index is 12.8. The van der Waals surface area contributed by atoms with E-state index in [9.17, 15) is 21.6 Å². The first-order valence-electron chi connectivity index (χ1n) is 8.06. The van der Waals surface area contributed by atoms with Crippen LogP contribution < -0.4 is 5.32 Å². The van der Waals surface area contributed by atoms with Gasteiger partial charge >= 0.3 is 6.18 Å². The molecule has 1 aliphatic rings. The number of sulfone groups is 1. The lowest BCUT2D eigenvalue weighted by molar-refractivity contribution is -0.181. The molecule has 0 amide bonds. The van der Waals surface area contributed by atoms with Crippen molar-refractivity contribution in [3.63, 3.8) is 0 Å². The number of nitrogens with zero attached hydrogens (tertiary/aromatic N) is 3. The van der Waals surface area contributed by atoms with Gasteiger partial charge in [0.15, 0.2) is 5.96 Å². The highest BCUT2D eigenvalue weighted by Crippen LogP contribution is 2.25. The minimum Gasteiger partial charge on any atom is -0.379 e. The average Bonchev–Trinajstić information content (AvgIpc) is 2.52. The lowest BCUT2D eigenvalue weighted by Gasteiger charge is -2.39. The normalized spacial score (nSPS) is 18.4. The Labute approximate surface area is 170 Å². The van der Waals surface area contributed by atoms with Gasteiger partial charge in [-0.05, 0) is 6.92 Å². The zero-order valence-electron chi connectivity index (χ0n) is 15.3. The SMILES string of the molecule is CN=C(NCCOCCS(C)(=O)=O)N1CCN(C(C)C(F)(F)F)CC1.I. The molecule has 1 rings (SSSR count). The summed E-state index contributed by atoms with van der Waals surface area (Å²) < 4.78 is 65.4. The van der Waals surface area contributed by atoms with Gasteiger partial charge in [-0.1, -0.05) is 0 Å². The average molecular weight is 516 g/mol. The van der Waals surface area contributed by atoms with Gasteiger partial charge in [0.1, 0.15) is 15.9 Å². The summed E-state index contributed by atoms with van der Waals surface area (Å²) in [5.74, 6) is 0.576. The van der Waals surface area contributed by atoms with Crippen LogP contribution in [0.5, 0.6) is 0 Å². The number of aliphatic imine (C=N–C) groups is 1. The second-order valence-electron chi connectivity index (χ2n) is 5.96. The molecule has 1 unspecified atom stereocenters. The van der Waals surface area contributed by atoms with Crippen LogP contribution in [-0.4, -0.2) is 101 Å². The lowest BCUT2D eigenvalue weighted by atomic mass is 10.2. The van der Waals surface area contributed by atoms with Crippen LogP contribution in [0.15, 0.2) is 4.99 Å². The first-order chi connectivity index (χ1) is 11.5. The van der Waals surface area contributed by atoms with Crippen LogP contribution in [0.25, 0.3) is 0 Å². The van der Waals surface area contributed by atoms with Crippen molar-refractivity contribution in [3.8, 4) is 0 Å². The highest BCUT2D eigenvalue weighted by atomic mass is 127. The van der Waals surface area contributed by atoms with E-state index >= 15 is 0 Å². The van der Waals surface area contributed by atoms with Gasteiger partial charge in [-0.2, -0.15) is 13.2 Å². The standard InChI is InChI=1S/C14H27F3N4O3S.HI/c1-12(14(15,16)17)20-5-7-21(8-6-20)13(18-2)19-4-9-24-10-11-25(3,22)23;/h12H,4-11H2,1-3H3,(H,18,19);1H. The molecule has 26 heavy (non-hydrogen) atoms. The summed E-state index contributed by atoms with van der Waals surface area (Å²) in [4.78, 5) is 7.44. The van der Waals surface area contributed by atoms with Crippen molar-refractivity contribution in [2.45, 2.75) is 19.1 Å². The van der Waals surface area contributed by atoms with Crippen molar-refractivity contribution in [1.29, 1.82) is 0 Å². The number of hydrogen-bond donors (Lipinski definition) is 1. The van der Waals surface area contributed by atoms with E-state index in [0.717, 1.165) is 6.26 Å². The van der Waals surface area contributed by atoms with Gasteiger partial charge < -0.3 is 15.0 Å². The monoisotopic (exact) mass is 516 g/mol. The summed E-state index contributed by atoms with van der Waals surface area (Å²) in [6.45, 7) is 3.60. The molecule has 1 N–H and O–H groups in total. The molecule has 0 aromatic heterocycles. The molecule has 0 aromatic carbocycles. The molecule has 0 spiro atoms. The largest absolute Gasteiger partial charge is 0.403 e. The van der Waals surface area contributed by atoms with Crippen LogP contribution in [0.3, 0.4) is 0 Å². The van der Waals surface area contributed by atoms with Crippen molar-refractivity contribution in [1.82, 2.24) is 15.1 Å². The Balaban J connectivity index is 0.00000625. The molecule has 1 fully saturated rings. The molecular weight excluding hydrogens is 488 g/mol. The van der Waals surface area contributed by atoms with Gasteiger partial charge in [0, 0.05) is 46.0 Å². The van der Waals surface area contributed by atoms with E-state index in [4.69, 9.17) is 4.74 Å². The summed E-state index contributed by atoms with van der Waals surface area (Å²) in [6, 6.07) is -1.45. The van der Waals surface area contributed by atoms with Crippen LogP contribution in [0, 0.1) is 0 Å². The molecule has 0 aromatic rings. The molecule has 12 heteroatoms. The van der Waals surface area contributed by atoms with Crippen molar-refractivity contribution in [2.75, 3.05) is 65.0 Å². The first kappa shape index (κ1) is 25.7. The molecule has 156 valence electrons. The molecule has 7 nitrogen and oxygen atoms in total. The highest BCUT2D eigenvalue weighted by molar-refractivity contribution is 14.0. The van der Waals surface area contributed by atoms with E-state index in [1.54, 1.807) is 7.05 Å². The van der Waals surface area contributed by atoms with Crippen molar-refractivity contribution in [3.05, 3.63) is 0 Å². The van der Waals surface area contributed by atoms with Gasteiger partial charge in [0.25, 0.3) is 0 Å². The second-order valence-corrected chi connectivity index (χ2v) is 8.22. The van der Waals surface area contributed by atoms with E-state index in [1.165, 1.54) is 11.8 Å². The first-order valence-corrected chi connectivity index (χ1v) is 10.1. The maximum atomic E-state index is 12.8. The van der Waals surface area contributed by atoms with Crippen LogP contribution in [0.4, 0.5) is 13.2 Å². The third-order valence-corrected chi connectivity index (χ3v) is 4.88. The number of piperazine rings is 1. The van der Waals surface area contributed by atoms with E-state index < -0.39 is 22.1 Å². The molecule has 1 atom stereocenters. The third kappa shape index (κ3) is 9.55. The van der Waals surface area contributed by atoms with Gasteiger partial charge in [-0.15, -0.1) is 24.0 Å². The Kier molecular flexibility index (Phi) is 11.3. The predicted molar refractivity (Wildman–Crippen MR) is 106 cm³/mol. The van der Waals surface area contributed by atoms with Crippen molar-refractivity contribution in [2.24, 2.45) is 4.99 Å². The summed E-state index contributed by atoms with van der Waals surface area (Å²) >= 11 is 0. The zero-order valence-corrected chi connectivity index (χ0v) is 18.4. The van der Waals surface area contributed by atoms with E-state index in [0.29, 0.717) is 45.3 Å². The zero-order chi connectivity index (χ0) is 19.1. The Hall–Kier alpha value is -0.340. The van der Waals surface area contributed by atoms with Gasteiger partial charge in [0.2, 0.25) is 0 Å². The Bertz CT molecular complexity index is 538. The fourth-order valence-electron chi connectivity index (χ4n) is 2.41. The molecule has 0 radical (unpaired) electrons. The summed E-state index contributed by atoms with van der Waals surface area (Å²) in [6.07, 6.45) is -3.07. The number of guanidine groups is 1. The number of halogens is 4.